The lowest BCUT2D eigenvalue weighted by Crippen LogP contribution is -2.24. The van der Waals surface area contributed by atoms with E-state index >= 15 is 0 Å². The first-order valence-corrected chi connectivity index (χ1v) is 9.72. The van der Waals surface area contributed by atoms with E-state index in [9.17, 15) is 22.8 Å². The molecule has 1 aliphatic carbocycles. The number of hydrogen-bond acceptors (Lipinski definition) is 2. The minimum absolute atomic E-state index is 0.0350. The summed E-state index contributed by atoms with van der Waals surface area (Å²) in [7, 11) is 0. The van der Waals surface area contributed by atoms with E-state index in [4.69, 9.17) is 11.6 Å². The van der Waals surface area contributed by atoms with Gasteiger partial charge in [-0.2, -0.15) is 13.2 Å². The van der Waals surface area contributed by atoms with Gasteiger partial charge in [0.1, 0.15) is 0 Å². The Morgan fingerprint density at radius 3 is 2.45 bits per heavy atom. The van der Waals surface area contributed by atoms with Crippen LogP contribution in [0, 0.1) is 0 Å². The van der Waals surface area contributed by atoms with E-state index in [1.807, 2.05) is 0 Å². The van der Waals surface area contributed by atoms with Crippen molar-refractivity contribution in [3.8, 4) is 0 Å². The van der Waals surface area contributed by atoms with Gasteiger partial charge in [-0.1, -0.05) is 29.8 Å². The van der Waals surface area contributed by atoms with Gasteiger partial charge in [0, 0.05) is 34.3 Å². The molecule has 1 aromatic carbocycles. The zero-order valence-electron chi connectivity index (χ0n) is 15.3. The number of aromatic nitrogens is 1. The molecule has 8 heteroatoms. The average molecular weight is 423 g/mol. The summed E-state index contributed by atoms with van der Waals surface area (Å²) in [4.78, 5) is 26.8. The van der Waals surface area contributed by atoms with Crippen LogP contribution in [0.5, 0.6) is 0 Å². The number of alkyl halides is 3. The Balaban J connectivity index is 1.86. The molecule has 29 heavy (non-hydrogen) atoms. The lowest BCUT2D eigenvalue weighted by molar-refractivity contribution is -0.137. The summed E-state index contributed by atoms with van der Waals surface area (Å²) in [5, 5.41) is 2.70. The molecular formula is C21H18ClF3N2O2. The lowest BCUT2D eigenvalue weighted by atomic mass is 9.94. The van der Waals surface area contributed by atoms with E-state index in [0.29, 0.717) is 18.4 Å². The molecule has 2 N–H and O–H groups in total. The zero-order valence-corrected chi connectivity index (χ0v) is 16.0. The summed E-state index contributed by atoms with van der Waals surface area (Å²) in [6, 6.07) is 6.43. The van der Waals surface area contributed by atoms with Crippen molar-refractivity contribution in [1.82, 2.24) is 10.3 Å². The average Bonchev–Trinajstić information content (AvgIpc) is 3.41. The molecule has 2 heterocycles. The second-order valence-electron chi connectivity index (χ2n) is 7.41. The topological polar surface area (TPSA) is 62.0 Å². The fraction of sp³-hybridized carbons (Fsp3) is 0.333. The van der Waals surface area contributed by atoms with Crippen molar-refractivity contribution in [2.45, 2.75) is 43.8 Å². The number of amides is 1. The first-order valence-electron chi connectivity index (χ1n) is 9.34. The normalized spacial score (nSPS) is 20.1. The lowest BCUT2D eigenvalue weighted by Gasteiger charge is -2.18. The maximum atomic E-state index is 13.7. The van der Waals surface area contributed by atoms with Crippen molar-refractivity contribution < 1.29 is 18.0 Å². The molecule has 1 atom stereocenters. The molecule has 1 saturated heterocycles. The van der Waals surface area contributed by atoms with E-state index < -0.39 is 17.8 Å². The van der Waals surface area contributed by atoms with Crippen LogP contribution < -0.4 is 10.9 Å². The molecule has 1 aliphatic heterocycles. The third kappa shape index (κ3) is 4.24. The third-order valence-corrected chi connectivity index (χ3v) is 5.46. The quantitative estimate of drug-likeness (QED) is 0.754. The largest absolute Gasteiger partial charge is 0.417 e. The molecule has 1 aromatic heterocycles. The Labute approximate surface area is 169 Å². The summed E-state index contributed by atoms with van der Waals surface area (Å²) in [5.41, 5.74) is -0.164. The highest BCUT2D eigenvalue weighted by Crippen LogP contribution is 2.40. The third-order valence-electron chi connectivity index (χ3n) is 5.22. The second-order valence-corrected chi connectivity index (χ2v) is 7.85. The predicted octanol–water partition coefficient (Wildman–Crippen LogP) is 4.63. The maximum absolute atomic E-state index is 13.7. The van der Waals surface area contributed by atoms with Gasteiger partial charge in [-0.3, -0.25) is 9.59 Å². The fourth-order valence-electron chi connectivity index (χ4n) is 3.63. The molecule has 0 spiro atoms. The van der Waals surface area contributed by atoms with Crippen LogP contribution in [0.4, 0.5) is 13.2 Å². The highest BCUT2D eigenvalue weighted by molar-refractivity contribution is 6.30. The van der Waals surface area contributed by atoms with Crippen LogP contribution in [0.25, 0.3) is 5.57 Å². The fourth-order valence-corrected chi connectivity index (χ4v) is 3.80. The number of hydrogen-bond donors (Lipinski definition) is 2. The summed E-state index contributed by atoms with van der Waals surface area (Å²) < 4.78 is 41.1. The van der Waals surface area contributed by atoms with Crippen molar-refractivity contribution in [3.63, 3.8) is 0 Å². The van der Waals surface area contributed by atoms with E-state index in [-0.39, 0.29) is 39.2 Å². The number of benzene rings is 1. The van der Waals surface area contributed by atoms with Crippen LogP contribution >= 0.6 is 11.6 Å². The van der Waals surface area contributed by atoms with Gasteiger partial charge in [0.15, 0.2) is 0 Å². The van der Waals surface area contributed by atoms with Crippen LogP contribution in [0.3, 0.4) is 0 Å². The Hall–Kier alpha value is -2.54. The molecule has 2 aliphatic rings. The monoisotopic (exact) mass is 422 g/mol. The number of carbonyl (C=O) groups excluding carboxylic acids is 1. The number of H-pyrrole nitrogens is 1. The van der Waals surface area contributed by atoms with Crippen LogP contribution in [0.15, 0.2) is 41.2 Å². The zero-order chi connectivity index (χ0) is 20.8. The van der Waals surface area contributed by atoms with Crippen molar-refractivity contribution in [1.29, 1.82) is 0 Å². The number of pyridine rings is 1. The van der Waals surface area contributed by atoms with Crippen LogP contribution in [0.1, 0.15) is 54.0 Å². The molecule has 0 unspecified atom stereocenters. The van der Waals surface area contributed by atoms with E-state index in [1.165, 1.54) is 12.1 Å². The predicted molar refractivity (Wildman–Crippen MR) is 104 cm³/mol. The highest BCUT2D eigenvalue weighted by atomic mass is 35.5. The molecule has 4 rings (SSSR count). The number of aromatic amines is 1. The standard InChI is InChI=1S/C21H18ClF3N2O2/c22-12-3-5-15(17(9-12)21(23,24)25)16(10-13-4-8-19(28)26-13)18-7-6-14(11-1-2-11)20(29)27-18/h3,5-7,9-11,13H,1-2,4,8H2,(H,26,28)(H,27,29)/t13-/m1/s1. The van der Waals surface area contributed by atoms with Crippen LogP contribution in [-0.2, 0) is 11.0 Å². The summed E-state index contributed by atoms with van der Waals surface area (Å²) in [6.07, 6.45) is -0.402. The van der Waals surface area contributed by atoms with Crippen molar-refractivity contribution in [3.05, 3.63) is 74.2 Å². The van der Waals surface area contributed by atoms with Crippen molar-refractivity contribution >= 4 is 23.1 Å². The smallest absolute Gasteiger partial charge is 0.350 e. The van der Waals surface area contributed by atoms with Crippen LogP contribution in [0.2, 0.25) is 5.02 Å². The Bertz CT molecular complexity index is 1050. The number of carbonyl (C=O) groups is 1. The van der Waals surface area contributed by atoms with Crippen molar-refractivity contribution in [2.75, 3.05) is 0 Å². The van der Waals surface area contributed by atoms with Crippen LogP contribution in [-0.4, -0.2) is 16.9 Å². The van der Waals surface area contributed by atoms with Crippen molar-refractivity contribution in [2.24, 2.45) is 0 Å². The highest BCUT2D eigenvalue weighted by Gasteiger charge is 2.35. The molecular weight excluding hydrogens is 405 g/mol. The molecule has 1 saturated carbocycles. The first kappa shape index (κ1) is 19.8. The van der Waals surface area contributed by atoms with Gasteiger partial charge in [0.05, 0.1) is 5.56 Å². The SMILES string of the molecule is O=C1CC[C@H](C=C(c2ccc(C3CC3)c(=O)[nH]2)c2ccc(Cl)cc2C(F)(F)F)N1. The molecule has 1 amide bonds. The summed E-state index contributed by atoms with van der Waals surface area (Å²) >= 11 is 5.82. The van der Waals surface area contributed by atoms with Gasteiger partial charge in [-0.15, -0.1) is 0 Å². The molecule has 2 aromatic rings. The number of rotatable bonds is 4. The molecule has 4 nitrogen and oxygen atoms in total. The van der Waals surface area contributed by atoms with Gasteiger partial charge < -0.3 is 10.3 Å². The number of nitrogens with one attached hydrogen (secondary N) is 2. The summed E-state index contributed by atoms with van der Waals surface area (Å²) in [5.74, 6) is 0.0611. The van der Waals surface area contributed by atoms with Gasteiger partial charge >= 0.3 is 6.18 Å². The van der Waals surface area contributed by atoms with Gasteiger partial charge in [0.2, 0.25) is 5.91 Å². The van der Waals surface area contributed by atoms with Gasteiger partial charge in [0.25, 0.3) is 5.56 Å². The second kappa shape index (κ2) is 7.37. The minimum atomic E-state index is -4.63. The Kier molecular flexibility index (Phi) is 5.02. The molecule has 2 fully saturated rings. The van der Waals surface area contributed by atoms with Gasteiger partial charge in [-0.05, 0) is 48.9 Å². The first-order chi connectivity index (χ1) is 13.7. The van der Waals surface area contributed by atoms with E-state index in [2.05, 4.69) is 10.3 Å². The molecule has 0 radical (unpaired) electrons. The molecule has 152 valence electrons. The van der Waals surface area contributed by atoms with E-state index in [0.717, 1.165) is 18.9 Å². The molecule has 0 bridgehead atoms. The number of halogens is 4. The van der Waals surface area contributed by atoms with Gasteiger partial charge in [-0.25, -0.2) is 0 Å². The Morgan fingerprint density at radius 2 is 1.86 bits per heavy atom. The van der Waals surface area contributed by atoms with E-state index in [1.54, 1.807) is 18.2 Å². The minimum Gasteiger partial charge on any atom is -0.350 e. The Morgan fingerprint density at radius 1 is 1.10 bits per heavy atom. The summed E-state index contributed by atoms with van der Waals surface area (Å²) in [6.45, 7) is 0. The maximum Gasteiger partial charge on any atom is 0.417 e.